The van der Waals surface area contributed by atoms with E-state index in [9.17, 15) is 0 Å². The summed E-state index contributed by atoms with van der Waals surface area (Å²) in [5.41, 5.74) is 0. The summed E-state index contributed by atoms with van der Waals surface area (Å²) < 4.78 is 0. The molecule has 3 heteroatoms. The fraction of sp³-hybridized carbons (Fsp3) is 0.857. The van der Waals surface area contributed by atoms with Crippen LogP contribution < -0.4 is 0 Å². The first kappa shape index (κ1) is 8.42. The molecule has 0 spiro atoms. The SMILES string of the molecule is CC1CCCS1(Br)CC#N. The van der Waals surface area contributed by atoms with Gasteiger partial charge in [-0.3, -0.25) is 0 Å². The van der Waals surface area contributed by atoms with Crippen molar-refractivity contribution in [2.75, 3.05) is 11.5 Å². The normalized spacial score (nSPS) is 45.9. The van der Waals surface area contributed by atoms with Gasteiger partial charge in [0.25, 0.3) is 0 Å². The van der Waals surface area contributed by atoms with E-state index in [0.717, 1.165) is 11.0 Å². The summed E-state index contributed by atoms with van der Waals surface area (Å²) >= 11 is 3.73. The van der Waals surface area contributed by atoms with Crippen LogP contribution in [0.3, 0.4) is 0 Å². The Bertz CT molecular complexity index is 165. The van der Waals surface area contributed by atoms with Crippen molar-refractivity contribution in [2.45, 2.75) is 25.0 Å². The molecule has 0 aromatic rings. The molecule has 0 saturated carbocycles. The Balaban J connectivity index is 2.58. The first-order valence-electron chi connectivity index (χ1n) is 3.53. The molecule has 1 fully saturated rings. The zero-order valence-corrected chi connectivity index (χ0v) is 8.54. The second-order valence-corrected chi connectivity index (χ2v) is 9.86. The molecule has 2 unspecified atom stereocenters. The van der Waals surface area contributed by atoms with E-state index in [-0.39, 0.29) is 0 Å². The zero-order chi connectivity index (χ0) is 7.61. The Kier molecular flexibility index (Phi) is 2.65. The Morgan fingerprint density at radius 2 is 2.50 bits per heavy atom. The Morgan fingerprint density at radius 1 is 1.80 bits per heavy atom. The van der Waals surface area contributed by atoms with Gasteiger partial charge >= 0.3 is 0 Å². The van der Waals surface area contributed by atoms with Crippen LogP contribution in [0.5, 0.6) is 0 Å². The third kappa shape index (κ3) is 1.49. The van der Waals surface area contributed by atoms with Gasteiger partial charge in [0.15, 0.2) is 0 Å². The monoisotopic (exact) mass is 221 g/mol. The molecule has 0 aromatic heterocycles. The van der Waals surface area contributed by atoms with Crippen LogP contribution in [0.1, 0.15) is 19.8 Å². The van der Waals surface area contributed by atoms with E-state index < -0.39 is 8.46 Å². The largest absolute Gasteiger partial charge is 0.197 e. The van der Waals surface area contributed by atoms with Gasteiger partial charge in [0.1, 0.15) is 0 Å². The molecule has 0 N–H and O–H groups in total. The zero-order valence-electron chi connectivity index (χ0n) is 6.14. The molecule has 1 nitrogen and oxygen atoms in total. The van der Waals surface area contributed by atoms with E-state index in [2.05, 4.69) is 27.8 Å². The van der Waals surface area contributed by atoms with E-state index in [0.29, 0.717) is 0 Å². The van der Waals surface area contributed by atoms with Gasteiger partial charge < -0.3 is 0 Å². The molecule has 0 aliphatic carbocycles. The second kappa shape index (κ2) is 3.15. The fourth-order valence-electron chi connectivity index (χ4n) is 1.34. The number of hydrogen-bond acceptors (Lipinski definition) is 1. The van der Waals surface area contributed by atoms with E-state index in [1.54, 1.807) is 0 Å². The molecule has 2 atom stereocenters. The molecule has 0 aromatic carbocycles. The maximum Gasteiger partial charge on any atom is 0.0742 e. The van der Waals surface area contributed by atoms with Crippen LogP contribution in [0.25, 0.3) is 0 Å². The van der Waals surface area contributed by atoms with Crippen LogP contribution in [0.15, 0.2) is 0 Å². The lowest BCUT2D eigenvalue weighted by atomic mass is 10.3. The molecule has 58 valence electrons. The van der Waals surface area contributed by atoms with Gasteiger partial charge in [-0.25, -0.2) is 0 Å². The van der Waals surface area contributed by atoms with Crippen molar-refractivity contribution in [3.63, 3.8) is 0 Å². The highest BCUT2D eigenvalue weighted by atomic mass is 79.9. The second-order valence-electron chi connectivity index (χ2n) is 2.80. The van der Waals surface area contributed by atoms with E-state index in [1.165, 1.54) is 18.6 Å². The average molecular weight is 222 g/mol. The highest BCUT2D eigenvalue weighted by molar-refractivity contribution is 9.58. The van der Waals surface area contributed by atoms with Crippen molar-refractivity contribution in [3.05, 3.63) is 0 Å². The summed E-state index contributed by atoms with van der Waals surface area (Å²) in [5.74, 6) is 2.00. The van der Waals surface area contributed by atoms with Crippen LogP contribution in [-0.4, -0.2) is 16.8 Å². The van der Waals surface area contributed by atoms with Gasteiger partial charge in [-0.05, 0) is 38.7 Å². The number of halogens is 1. The summed E-state index contributed by atoms with van der Waals surface area (Å²) in [6.07, 6.45) is 2.62. The summed E-state index contributed by atoms with van der Waals surface area (Å²) in [7, 11) is -0.681. The third-order valence-corrected chi connectivity index (χ3v) is 8.95. The summed E-state index contributed by atoms with van der Waals surface area (Å²) in [6, 6.07) is 2.27. The summed E-state index contributed by atoms with van der Waals surface area (Å²) in [5, 5.41) is 9.31. The molecule has 0 radical (unpaired) electrons. The maximum atomic E-state index is 8.55. The van der Waals surface area contributed by atoms with Crippen LogP contribution in [0.2, 0.25) is 0 Å². The molecule has 1 rings (SSSR count). The van der Waals surface area contributed by atoms with Crippen molar-refractivity contribution in [2.24, 2.45) is 0 Å². The molecule has 0 amide bonds. The van der Waals surface area contributed by atoms with Gasteiger partial charge in [-0.1, -0.05) is 6.92 Å². The highest BCUT2D eigenvalue weighted by Crippen LogP contribution is 2.64. The quantitative estimate of drug-likeness (QED) is 0.669. The number of hydrogen-bond donors (Lipinski definition) is 0. The lowest BCUT2D eigenvalue weighted by Gasteiger charge is -2.29. The minimum Gasteiger partial charge on any atom is -0.197 e. The van der Waals surface area contributed by atoms with Crippen LogP contribution in [0.4, 0.5) is 0 Å². The fourth-order valence-corrected chi connectivity index (χ4v) is 5.18. The van der Waals surface area contributed by atoms with Crippen molar-refractivity contribution < 1.29 is 0 Å². The number of nitrogens with zero attached hydrogens (tertiary/aromatic N) is 1. The highest BCUT2D eigenvalue weighted by Gasteiger charge is 2.32. The van der Waals surface area contributed by atoms with Gasteiger partial charge in [-0.2, -0.15) is 13.7 Å². The molecule has 1 aliphatic heterocycles. The molecule has 0 bridgehead atoms. The average Bonchev–Trinajstić information content (AvgIpc) is 2.15. The topological polar surface area (TPSA) is 23.8 Å². The molecule has 1 aliphatic rings. The van der Waals surface area contributed by atoms with Gasteiger partial charge in [0, 0.05) is 0 Å². The molecule has 1 heterocycles. The van der Waals surface area contributed by atoms with E-state index in [4.69, 9.17) is 5.26 Å². The predicted molar refractivity (Wildman–Crippen MR) is 50.6 cm³/mol. The maximum absolute atomic E-state index is 8.55. The third-order valence-electron chi connectivity index (χ3n) is 2.12. The van der Waals surface area contributed by atoms with Crippen molar-refractivity contribution in [3.8, 4) is 6.07 Å². The smallest absolute Gasteiger partial charge is 0.0742 e. The van der Waals surface area contributed by atoms with E-state index >= 15 is 0 Å². The van der Waals surface area contributed by atoms with Crippen molar-refractivity contribution >= 4 is 23.3 Å². The van der Waals surface area contributed by atoms with Crippen LogP contribution in [-0.2, 0) is 0 Å². The van der Waals surface area contributed by atoms with E-state index in [1.807, 2.05) is 0 Å². The van der Waals surface area contributed by atoms with Gasteiger partial charge in [0.2, 0.25) is 0 Å². The Morgan fingerprint density at radius 3 is 2.90 bits per heavy atom. The minimum absolute atomic E-state index is 0.681. The summed E-state index contributed by atoms with van der Waals surface area (Å²) in [4.78, 5) is 0. The van der Waals surface area contributed by atoms with Crippen LogP contribution in [0, 0.1) is 11.3 Å². The first-order chi connectivity index (χ1) is 4.69. The Labute approximate surface area is 71.3 Å². The lowest BCUT2D eigenvalue weighted by Crippen LogP contribution is -2.05. The van der Waals surface area contributed by atoms with Crippen molar-refractivity contribution in [1.29, 1.82) is 5.26 Å². The summed E-state index contributed by atoms with van der Waals surface area (Å²) in [6.45, 7) is 2.26. The van der Waals surface area contributed by atoms with Gasteiger partial charge in [-0.15, -0.1) is 0 Å². The first-order valence-corrected chi connectivity index (χ1v) is 7.41. The van der Waals surface area contributed by atoms with Crippen molar-refractivity contribution in [1.82, 2.24) is 0 Å². The predicted octanol–water partition coefficient (Wildman–Crippen LogP) is 2.81. The Hall–Kier alpha value is 0.320. The number of nitriles is 1. The number of rotatable bonds is 1. The molecule has 10 heavy (non-hydrogen) atoms. The lowest BCUT2D eigenvalue weighted by molar-refractivity contribution is 0.837. The standard InChI is InChI=1S/C7H12BrNS/c1-7-3-2-5-10(7,8)6-4-9/h7H,2-3,5-6H2,1H3. The van der Waals surface area contributed by atoms with Gasteiger partial charge in [0.05, 0.1) is 11.8 Å². The van der Waals surface area contributed by atoms with Crippen LogP contribution >= 0.6 is 23.3 Å². The minimum atomic E-state index is -0.681. The molecular weight excluding hydrogens is 210 g/mol. The molecular formula is C7H12BrNS. The molecule has 1 saturated heterocycles.